The highest BCUT2D eigenvalue weighted by Crippen LogP contribution is 2.50. The molecule has 1 saturated carbocycles. The van der Waals surface area contributed by atoms with Crippen molar-refractivity contribution >= 4 is 15.7 Å². The summed E-state index contributed by atoms with van der Waals surface area (Å²) in [6.07, 6.45) is 4.90. The van der Waals surface area contributed by atoms with E-state index in [1.165, 1.54) is 17.5 Å². The van der Waals surface area contributed by atoms with E-state index in [2.05, 4.69) is 15.2 Å². The monoisotopic (exact) mass is 419 g/mol. The summed E-state index contributed by atoms with van der Waals surface area (Å²) in [4.78, 5) is 19.0. The van der Waals surface area contributed by atoms with E-state index < -0.39 is 14.6 Å². The Kier molecular flexibility index (Phi) is 4.13. The van der Waals surface area contributed by atoms with Crippen LogP contribution in [-0.2, 0) is 16.9 Å². The van der Waals surface area contributed by atoms with Gasteiger partial charge in [0.05, 0.1) is 17.4 Å². The molecular formula is C19H25N5O4S. The summed E-state index contributed by atoms with van der Waals surface area (Å²) in [7, 11) is -1.64. The number of sulfone groups is 1. The first kappa shape index (κ1) is 18.8. The van der Waals surface area contributed by atoms with Crippen LogP contribution in [0.3, 0.4) is 0 Å². The van der Waals surface area contributed by atoms with E-state index in [9.17, 15) is 13.2 Å². The fraction of sp³-hybridized carbons (Fsp3) is 0.684. The predicted molar refractivity (Wildman–Crippen MR) is 103 cm³/mol. The molecule has 1 atom stereocenters. The summed E-state index contributed by atoms with van der Waals surface area (Å²) in [5.74, 6) is 0.968. The number of hydrogen-bond donors (Lipinski definition) is 0. The fourth-order valence-corrected chi connectivity index (χ4v) is 7.49. The van der Waals surface area contributed by atoms with Crippen LogP contribution in [0.4, 0.5) is 0 Å². The summed E-state index contributed by atoms with van der Waals surface area (Å²) >= 11 is 0. The van der Waals surface area contributed by atoms with Crippen molar-refractivity contribution in [2.75, 3.05) is 18.8 Å². The van der Waals surface area contributed by atoms with Crippen LogP contribution < -0.4 is 0 Å². The molecule has 9 nitrogen and oxygen atoms in total. The number of nitrogens with zero attached hydrogens (tertiary/aromatic N) is 5. The lowest BCUT2D eigenvalue weighted by atomic mass is 9.83. The van der Waals surface area contributed by atoms with E-state index in [4.69, 9.17) is 4.52 Å². The smallest absolute Gasteiger partial charge is 0.272 e. The lowest BCUT2D eigenvalue weighted by molar-refractivity contribution is 0.0493. The highest BCUT2D eigenvalue weighted by atomic mass is 32.2. The maximum atomic E-state index is 12.9. The van der Waals surface area contributed by atoms with Gasteiger partial charge in [0.2, 0.25) is 5.89 Å². The van der Waals surface area contributed by atoms with Crippen molar-refractivity contribution in [1.29, 1.82) is 0 Å². The highest BCUT2D eigenvalue weighted by molar-refractivity contribution is 7.93. The topological polar surface area (TPSA) is 111 Å². The molecule has 1 spiro atoms. The summed E-state index contributed by atoms with van der Waals surface area (Å²) in [5, 5.41) is 8.37. The summed E-state index contributed by atoms with van der Waals surface area (Å²) in [5.41, 5.74) is 1.22. The minimum Gasteiger partial charge on any atom is -0.339 e. The second kappa shape index (κ2) is 6.38. The number of aryl methyl sites for hydroxylation is 2. The van der Waals surface area contributed by atoms with Gasteiger partial charge in [-0.15, -0.1) is 0 Å². The van der Waals surface area contributed by atoms with Crippen LogP contribution in [0.25, 0.3) is 0 Å². The van der Waals surface area contributed by atoms with Crippen LogP contribution in [0.1, 0.15) is 71.8 Å². The van der Waals surface area contributed by atoms with Crippen molar-refractivity contribution in [1.82, 2.24) is 24.8 Å². The molecule has 2 aromatic rings. The molecule has 1 unspecified atom stereocenters. The number of carbonyl (C=O) groups is 1. The predicted octanol–water partition coefficient (Wildman–Crippen LogP) is 1.57. The van der Waals surface area contributed by atoms with Crippen molar-refractivity contribution in [3.05, 3.63) is 29.2 Å². The molecule has 5 rings (SSSR count). The van der Waals surface area contributed by atoms with E-state index in [1.54, 1.807) is 18.0 Å². The van der Waals surface area contributed by atoms with Crippen molar-refractivity contribution in [3.8, 4) is 0 Å². The first-order valence-electron chi connectivity index (χ1n) is 10.2. The number of carbonyl (C=O) groups excluding carboxylic acids is 1. The van der Waals surface area contributed by atoms with Gasteiger partial charge in [0.25, 0.3) is 5.91 Å². The van der Waals surface area contributed by atoms with Gasteiger partial charge in [0.15, 0.2) is 15.7 Å². The van der Waals surface area contributed by atoms with E-state index in [1.807, 2.05) is 6.92 Å². The molecule has 29 heavy (non-hydrogen) atoms. The zero-order valence-electron chi connectivity index (χ0n) is 16.7. The zero-order chi connectivity index (χ0) is 20.4. The first-order valence-corrected chi connectivity index (χ1v) is 11.8. The van der Waals surface area contributed by atoms with Crippen LogP contribution >= 0.6 is 0 Å². The molecule has 156 valence electrons. The molecule has 2 aromatic heterocycles. The average Bonchev–Trinajstić information content (AvgIpc) is 3.38. The Morgan fingerprint density at radius 2 is 1.97 bits per heavy atom. The highest BCUT2D eigenvalue weighted by Gasteiger charge is 2.64. The average molecular weight is 420 g/mol. The molecule has 0 bridgehead atoms. The molecule has 1 aliphatic carbocycles. The lowest BCUT2D eigenvalue weighted by Crippen LogP contribution is -2.67. The third kappa shape index (κ3) is 2.75. The molecule has 0 aromatic carbocycles. The first-order chi connectivity index (χ1) is 13.8. The molecule has 2 saturated heterocycles. The van der Waals surface area contributed by atoms with Gasteiger partial charge in [-0.05, 0) is 32.3 Å². The van der Waals surface area contributed by atoms with Crippen LogP contribution in [-0.4, -0.2) is 62.7 Å². The number of hydrogen-bond acceptors (Lipinski definition) is 7. The maximum absolute atomic E-state index is 12.9. The quantitative estimate of drug-likeness (QED) is 0.742. The van der Waals surface area contributed by atoms with Gasteiger partial charge in [0.1, 0.15) is 10.4 Å². The van der Waals surface area contributed by atoms with E-state index in [0.717, 1.165) is 18.5 Å². The van der Waals surface area contributed by atoms with Crippen LogP contribution in [0.15, 0.2) is 10.6 Å². The van der Waals surface area contributed by atoms with Crippen molar-refractivity contribution in [2.45, 2.75) is 55.6 Å². The number of aromatic nitrogens is 4. The second-order valence-electron chi connectivity index (χ2n) is 8.65. The minimum atomic E-state index is -3.35. The third-order valence-corrected chi connectivity index (χ3v) is 9.39. The van der Waals surface area contributed by atoms with Gasteiger partial charge in [0, 0.05) is 26.1 Å². The fourth-order valence-electron chi connectivity index (χ4n) is 5.18. The van der Waals surface area contributed by atoms with Gasteiger partial charge in [-0.3, -0.25) is 9.48 Å². The molecule has 2 aliphatic heterocycles. The Morgan fingerprint density at radius 3 is 2.62 bits per heavy atom. The Bertz CT molecular complexity index is 1060. The van der Waals surface area contributed by atoms with E-state index in [-0.39, 0.29) is 30.7 Å². The van der Waals surface area contributed by atoms with Gasteiger partial charge >= 0.3 is 0 Å². The third-order valence-electron chi connectivity index (χ3n) is 6.83. The summed E-state index contributed by atoms with van der Waals surface area (Å²) < 4.78 is 31.9. The number of amides is 1. The lowest BCUT2D eigenvalue weighted by Gasteiger charge is -2.48. The molecule has 3 aliphatic rings. The summed E-state index contributed by atoms with van der Waals surface area (Å²) in [6, 6.07) is 1.72. The molecule has 10 heteroatoms. The molecule has 0 N–H and O–H groups in total. The minimum absolute atomic E-state index is 0.0889. The van der Waals surface area contributed by atoms with Crippen LogP contribution in [0, 0.1) is 6.92 Å². The van der Waals surface area contributed by atoms with Gasteiger partial charge < -0.3 is 9.42 Å². The maximum Gasteiger partial charge on any atom is 0.272 e. The van der Waals surface area contributed by atoms with E-state index >= 15 is 0 Å². The Balaban J connectivity index is 1.39. The molecule has 3 fully saturated rings. The van der Waals surface area contributed by atoms with Crippen LogP contribution in [0.2, 0.25) is 0 Å². The number of rotatable bonds is 3. The van der Waals surface area contributed by atoms with E-state index in [0.29, 0.717) is 29.7 Å². The normalized spacial score (nSPS) is 25.6. The van der Waals surface area contributed by atoms with Crippen molar-refractivity contribution < 1.29 is 17.7 Å². The largest absolute Gasteiger partial charge is 0.339 e. The number of likely N-dealkylation sites (tertiary alicyclic amines) is 1. The molecule has 1 amide bonds. The molecular weight excluding hydrogens is 394 g/mol. The second-order valence-corrected chi connectivity index (χ2v) is 11.1. The van der Waals surface area contributed by atoms with Crippen LogP contribution in [0.5, 0.6) is 0 Å². The summed E-state index contributed by atoms with van der Waals surface area (Å²) in [6.45, 7) is 2.14. The van der Waals surface area contributed by atoms with Gasteiger partial charge in [-0.2, -0.15) is 10.1 Å². The molecule has 4 heterocycles. The Labute approximate surface area is 169 Å². The Morgan fingerprint density at radius 1 is 1.24 bits per heavy atom. The SMILES string of the molecule is Cc1cc(C(=O)N2CC3(C2)C(c2nc(C4CCCC4)no2)CCS3(=O)=O)n(C)n1. The van der Waals surface area contributed by atoms with Gasteiger partial charge in [-0.25, -0.2) is 8.42 Å². The van der Waals surface area contributed by atoms with Gasteiger partial charge in [-0.1, -0.05) is 18.0 Å². The van der Waals surface area contributed by atoms with Crippen molar-refractivity contribution in [3.63, 3.8) is 0 Å². The molecule has 0 radical (unpaired) electrons. The Hall–Kier alpha value is -2.23. The van der Waals surface area contributed by atoms with Crippen molar-refractivity contribution in [2.24, 2.45) is 7.05 Å². The standard InChI is InChI=1S/C19H25N5O4S/c1-12-9-15(23(2)21-12)18(25)24-10-19(11-24)14(7-8-29(19,26)27)17-20-16(22-28-17)13-5-3-4-6-13/h9,13-14H,3-8,10-11H2,1-2H3. The zero-order valence-corrected chi connectivity index (χ0v) is 17.5.